The molecule has 1 aliphatic rings. The van der Waals surface area contributed by atoms with E-state index in [0.29, 0.717) is 19.6 Å². The van der Waals surface area contributed by atoms with Crippen LogP contribution in [0.1, 0.15) is 19.8 Å². The van der Waals surface area contributed by atoms with Crippen LogP contribution in [0.3, 0.4) is 0 Å². The van der Waals surface area contributed by atoms with Crippen LogP contribution in [0.15, 0.2) is 0 Å². The number of rotatable bonds is 4. The van der Waals surface area contributed by atoms with Gasteiger partial charge in [0, 0.05) is 26.6 Å². The maximum absolute atomic E-state index is 11.8. The van der Waals surface area contributed by atoms with Gasteiger partial charge in [0.25, 0.3) is 0 Å². The van der Waals surface area contributed by atoms with Crippen molar-refractivity contribution in [3.05, 3.63) is 0 Å². The molecule has 1 saturated heterocycles. The number of carbonyl (C=O) groups excluding carboxylic acids is 3. The second-order valence-corrected chi connectivity index (χ2v) is 5.19. The average Bonchev–Trinajstić information content (AvgIpc) is 2.38. The zero-order chi connectivity index (χ0) is 15.1. The van der Waals surface area contributed by atoms with Crippen LogP contribution in [0.4, 0.5) is 4.79 Å². The number of urea groups is 1. The standard InChI is InChI=1S/C13H24N4O3/c1-4-14-13(20)15-11(18)9-17-7-5-10(6-8-17)12(19)16(2)3/h10H,4-9H2,1-3H3,(H2,14,15,18,20). The number of carbonyl (C=O) groups is 3. The van der Waals surface area contributed by atoms with E-state index in [4.69, 9.17) is 0 Å². The molecule has 7 nitrogen and oxygen atoms in total. The van der Waals surface area contributed by atoms with E-state index < -0.39 is 6.03 Å². The highest BCUT2D eigenvalue weighted by Gasteiger charge is 2.26. The van der Waals surface area contributed by atoms with Gasteiger partial charge in [-0.15, -0.1) is 0 Å². The third-order valence-electron chi connectivity index (χ3n) is 3.34. The third-order valence-corrected chi connectivity index (χ3v) is 3.34. The second-order valence-electron chi connectivity index (χ2n) is 5.19. The Labute approximate surface area is 119 Å². The van der Waals surface area contributed by atoms with E-state index in [1.807, 2.05) is 4.90 Å². The number of nitrogens with one attached hydrogen (secondary N) is 2. The zero-order valence-corrected chi connectivity index (χ0v) is 12.4. The van der Waals surface area contributed by atoms with Gasteiger partial charge in [0.2, 0.25) is 11.8 Å². The molecule has 0 aromatic carbocycles. The Bertz CT molecular complexity index is 363. The minimum atomic E-state index is -0.463. The predicted molar refractivity (Wildman–Crippen MR) is 75.1 cm³/mol. The van der Waals surface area contributed by atoms with Crippen LogP contribution in [-0.2, 0) is 9.59 Å². The van der Waals surface area contributed by atoms with E-state index in [-0.39, 0.29) is 24.3 Å². The SMILES string of the molecule is CCNC(=O)NC(=O)CN1CCC(C(=O)N(C)C)CC1. The normalized spacial score (nSPS) is 16.6. The summed E-state index contributed by atoms with van der Waals surface area (Å²) in [6.45, 7) is 3.87. The Morgan fingerprint density at radius 2 is 1.80 bits per heavy atom. The van der Waals surface area contributed by atoms with Gasteiger partial charge < -0.3 is 10.2 Å². The number of piperidine rings is 1. The first-order chi connectivity index (χ1) is 9.43. The summed E-state index contributed by atoms with van der Waals surface area (Å²) in [6.07, 6.45) is 1.51. The molecule has 1 rings (SSSR count). The van der Waals surface area contributed by atoms with Crippen molar-refractivity contribution in [1.82, 2.24) is 20.4 Å². The number of hydrogen-bond donors (Lipinski definition) is 2. The summed E-state index contributed by atoms with van der Waals surface area (Å²) in [6, 6.07) is -0.463. The summed E-state index contributed by atoms with van der Waals surface area (Å²) in [4.78, 5) is 38.2. The van der Waals surface area contributed by atoms with Crippen molar-refractivity contribution in [2.45, 2.75) is 19.8 Å². The van der Waals surface area contributed by atoms with Gasteiger partial charge in [0.1, 0.15) is 0 Å². The first-order valence-corrected chi connectivity index (χ1v) is 6.95. The molecule has 0 radical (unpaired) electrons. The van der Waals surface area contributed by atoms with Crippen LogP contribution < -0.4 is 10.6 Å². The molecule has 0 aromatic rings. The van der Waals surface area contributed by atoms with Crippen LogP contribution in [0.2, 0.25) is 0 Å². The van der Waals surface area contributed by atoms with Crippen molar-refractivity contribution in [3.8, 4) is 0 Å². The molecule has 0 bridgehead atoms. The van der Waals surface area contributed by atoms with Gasteiger partial charge in [-0.05, 0) is 32.9 Å². The molecule has 0 aromatic heterocycles. The number of likely N-dealkylation sites (tertiary alicyclic amines) is 1. The molecule has 1 heterocycles. The van der Waals surface area contributed by atoms with Crippen molar-refractivity contribution >= 4 is 17.8 Å². The summed E-state index contributed by atoms with van der Waals surface area (Å²) in [5, 5.41) is 4.78. The van der Waals surface area contributed by atoms with Gasteiger partial charge in [-0.3, -0.25) is 19.8 Å². The quantitative estimate of drug-likeness (QED) is 0.738. The first kappa shape index (κ1) is 16.4. The molecule has 7 heteroatoms. The minimum absolute atomic E-state index is 0.0488. The Morgan fingerprint density at radius 1 is 1.20 bits per heavy atom. The summed E-state index contributed by atoms with van der Waals surface area (Å²) >= 11 is 0. The van der Waals surface area contributed by atoms with Gasteiger partial charge in [-0.25, -0.2) is 4.79 Å². The lowest BCUT2D eigenvalue weighted by atomic mass is 9.95. The van der Waals surface area contributed by atoms with E-state index >= 15 is 0 Å². The maximum Gasteiger partial charge on any atom is 0.321 e. The van der Waals surface area contributed by atoms with Crippen LogP contribution in [-0.4, -0.2) is 67.9 Å². The number of amides is 4. The van der Waals surface area contributed by atoms with E-state index in [1.54, 1.807) is 25.9 Å². The van der Waals surface area contributed by atoms with Crippen molar-refractivity contribution in [2.75, 3.05) is 40.3 Å². The highest BCUT2D eigenvalue weighted by atomic mass is 16.2. The summed E-state index contributed by atoms with van der Waals surface area (Å²) in [7, 11) is 3.52. The van der Waals surface area contributed by atoms with Crippen molar-refractivity contribution < 1.29 is 14.4 Å². The van der Waals surface area contributed by atoms with Gasteiger partial charge >= 0.3 is 6.03 Å². The van der Waals surface area contributed by atoms with Crippen molar-refractivity contribution in [1.29, 1.82) is 0 Å². The van der Waals surface area contributed by atoms with Gasteiger partial charge in [0.05, 0.1) is 6.54 Å². The largest absolute Gasteiger partial charge is 0.349 e. The Kier molecular flexibility index (Phi) is 6.44. The molecule has 0 aliphatic carbocycles. The fourth-order valence-corrected chi connectivity index (χ4v) is 2.28. The number of nitrogens with zero attached hydrogens (tertiary/aromatic N) is 2. The molecule has 20 heavy (non-hydrogen) atoms. The van der Waals surface area contributed by atoms with Gasteiger partial charge in [-0.2, -0.15) is 0 Å². The van der Waals surface area contributed by atoms with Crippen molar-refractivity contribution in [3.63, 3.8) is 0 Å². The molecule has 114 valence electrons. The predicted octanol–water partition coefficient (Wildman–Crippen LogP) is -0.368. The fourth-order valence-electron chi connectivity index (χ4n) is 2.28. The highest BCUT2D eigenvalue weighted by molar-refractivity contribution is 5.95. The lowest BCUT2D eigenvalue weighted by Gasteiger charge is -2.31. The highest BCUT2D eigenvalue weighted by Crippen LogP contribution is 2.18. The van der Waals surface area contributed by atoms with E-state index in [0.717, 1.165) is 12.8 Å². The minimum Gasteiger partial charge on any atom is -0.349 e. The van der Waals surface area contributed by atoms with Crippen LogP contribution in [0.25, 0.3) is 0 Å². The Morgan fingerprint density at radius 3 is 2.30 bits per heavy atom. The summed E-state index contributed by atoms with van der Waals surface area (Å²) < 4.78 is 0. The van der Waals surface area contributed by atoms with E-state index in [2.05, 4.69) is 10.6 Å². The van der Waals surface area contributed by atoms with Crippen LogP contribution in [0, 0.1) is 5.92 Å². The molecule has 1 aliphatic heterocycles. The molecule has 0 spiro atoms. The van der Waals surface area contributed by atoms with E-state index in [9.17, 15) is 14.4 Å². The number of hydrogen-bond acceptors (Lipinski definition) is 4. The Hall–Kier alpha value is -1.63. The van der Waals surface area contributed by atoms with Gasteiger partial charge in [-0.1, -0.05) is 0 Å². The lowest BCUT2D eigenvalue weighted by molar-refractivity contribution is -0.134. The molecule has 0 saturated carbocycles. The molecule has 0 atom stereocenters. The topological polar surface area (TPSA) is 81.8 Å². The Balaban J connectivity index is 2.30. The molecule has 4 amide bonds. The summed E-state index contributed by atoms with van der Waals surface area (Å²) in [5.41, 5.74) is 0. The molecule has 1 fully saturated rings. The lowest BCUT2D eigenvalue weighted by Crippen LogP contribution is -2.47. The molecule has 2 N–H and O–H groups in total. The van der Waals surface area contributed by atoms with Gasteiger partial charge in [0.15, 0.2) is 0 Å². The first-order valence-electron chi connectivity index (χ1n) is 6.95. The smallest absolute Gasteiger partial charge is 0.321 e. The van der Waals surface area contributed by atoms with Crippen LogP contribution >= 0.6 is 0 Å². The third kappa shape index (κ3) is 5.16. The average molecular weight is 284 g/mol. The molecular weight excluding hydrogens is 260 g/mol. The fraction of sp³-hybridized carbons (Fsp3) is 0.769. The molecule has 0 unspecified atom stereocenters. The summed E-state index contributed by atoms with van der Waals surface area (Å²) in [5.74, 6) is -0.113. The number of imide groups is 1. The second kappa shape index (κ2) is 7.84. The molecular formula is C13H24N4O3. The van der Waals surface area contributed by atoms with Crippen LogP contribution in [0.5, 0.6) is 0 Å². The van der Waals surface area contributed by atoms with Crippen molar-refractivity contribution in [2.24, 2.45) is 5.92 Å². The zero-order valence-electron chi connectivity index (χ0n) is 12.4. The van der Waals surface area contributed by atoms with E-state index in [1.165, 1.54) is 0 Å². The maximum atomic E-state index is 11.8. The monoisotopic (exact) mass is 284 g/mol.